The summed E-state index contributed by atoms with van der Waals surface area (Å²) < 4.78 is 74.7. The first-order chi connectivity index (χ1) is 22.5. The van der Waals surface area contributed by atoms with Gasteiger partial charge in [-0.25, -0.2) is 13.7 Å². The van der Waals surface area contributed by atoms with E-state index in [-0.39, 0.29) is 58.0 Å². The van der Waals surface area contributed by atoms with Crippen LogP contribution in [0, 0.1) is 11.6 Å². The summed E-state index contributed by atoms with van der Waals surface area (Å²) in [6, 6.07) is 5.43. The molecule has 3 amide bonds. The van der Waals surface area contributed by atoms with E-state index in [0.29, 0.717) is 17.0 Å². The molecule has 246 valence electrons. The normalized spacial score (nSPS) is 13.0. The average molecular weight is 830 g/mol. The van der Waals surface area contributed by atoms with E-state index in [2.05, 4.69) is 31.4 Å². The number of benzene rings is 4. The van der Waals surface area contributed by atoms with Crippen molar-refractivity contribution in [3.8, 4) is 11.5 Å². The first kappa shape index (κ1) is 34.2. The molecular weight excluding hydrogens is 821 g/mol. The molecule has 0 bridgehead atoms. The third-order valence-electron chi connectivity index (χ3n) is 6.88. The zero-order valence-electron chi connectivity index (χ0n) is 22.7. The van der Waals surface area contributed by atoms with Gasteiger partial charge < -0.3 is 10.1 Å². The fourth-order valence-electron chi connectivity index (χ4n) is 4.77. The second-order valence-electron chi connectivity index (χ2n) is 9.84. The number of carbonyl (C=O) groups excluding carboxylic acids is 3. The molecule has 0 radical (unpaired) electrons. The molecule has 0 atom stereocenters. The van der Waals surface area contributed by atoms with Gasteiger partial charge in [-0.15, -0.1) is 0 Å². The van der Waals surface area contributed by atoms with Crippen molar-refractivity contribution < 1.29 is 41.1 Å². The highest BCUT2D eigenvalue weighted by molar-refractivity contribution is 9.10. The van der Waals surface area contributed by atoms with Crippen LogP contribution < -0.4 is 15.0 Å². The van der Waals surface area contributed by atoms with Gasteiger partial charge in [0.2, 0.25) is 0 Å². The molecule has 6 rings (SSSR count). The standard InChI is InChI=1S/C29H9BrCl5F5N4O4/c30-12-7-14(41-26(45)8-3-9(29(38,39)40)5-11(37)4-8)24(48-15-6-10(36)1-2-13(15)31)18-23(12)42-43-25(18)44-27(46)16-17(28(44)47)20(33)22(35)21(34)19(16)32/h1-7H,(H,41,45)(H,42,43). The number of hydrogen-bond donors (Lipinski definition) is 2. The molecule has 1 aromatic heterocycles. The summed E-state index contributed by atoms with van der Waals surface area (Å²) in [7, 11) is 0. The Labute approximate surface area is 297 Å². The summed E-state index contributed by atoms with van der Waals surface area (Å²) in [5, 5.41) is 7.31. The molecule has 0 aliphatic carbocycles. The van der Waals surface area contributed by atoms with E-state index in [0.717, 1.165) is 18.2 Å². The second-order valence-corrected chi connectivity index (χ2v) is 12.6. The molecule has 0 saturated carbocycles. The molecule has 2 heterocycles. The third kappa shape index (κ3) is 5.73. The van der Waals surface area contributed by atoms with E-state index < -0.39 is 69.4 Å². The van der Waals surface area contributed by atoms with Gasteiger partial charge in [-0.3, -0.25) is 19.5 Å². The summed E-state index contributed by atoms with van der Waals surface area (Å²) in [5.74, 6) is -6.72. The number of hydrogen-bond acceptors (Lipinski definition) is 5. The SMILES string of the molecule is O=C(Nc1cc(Br)c2[nH]nc(N3C(=O)c4c(Cl)c(Cl)c(Cl)c(Cl)c4C3=O)c2c1Oc1cc(F)ccc1Cl)c1cc(F)cc(C(F)(F)F)c1. The molecule has 19 heteroatoms. The van der Waals surface area contributed by atoms with E-state index in [1.807, 2.05) is 0 Å². The Morgan fingerprint density at radius 1 is 0.875 bits per heavy atom. The quantitative estimate of drug-likeness (QED) is 0.0795. The number of aromatic nitrogens is 2. The topological polar surface area (TPSA) is 104 Å². The number of aromatic amines is 1. The van der Waals surface area contributed by atoms with Crippen LogP contribution in [0.1, 0.15) is 36.6 Å². The maximum absolute atomic E-state index is 14.3. The number of imide groups is 1. The molecule has 0 fully saturated rings. The fraction of sp³-hybridized carbons (Fsp3) is 0.0345. The molecule has 0 unspecified atom stereocenters. The minimum atomic E-state index is -4.99. The maximum Gasteiger partial charge on any atom is 0.416 e. The van der Waals surface area contributed by atoms with Crippen molar-refractivity contribution in [2.24, 2.45) is 0 Å². The van der Waals surface area contributed by atoms with Gasteiger partial charge in [0.1, 0.15) is 17.4 Å². The predicted molar refractivity (Wildman–Crippen MR) is 172 cm³/mol. The number of amides is 3. The van der Waals surface area contributed by atoms with Crippen LogP contribution in [0.5, 0.6) is 11.5 Å². The van der Waals surface area contributed by atoms with Crippen LogP contribution in [0.4, 0.5) is 33.5 Å². The van der Waals surface area contributed by atoms with Crippen molar-refractivity contribution in [3.63, 3.8) is 0 Å². The number of nitrogens with one attached hydrogen (secondary N) is 2. The lowest BCUT2D eigenvalue weighted by Crippen LogP contribution is -2.30. The molecule has 0 spiro atoms. The number of carbonyl (C=O) groups is 3. The van der Waals surface area contributed by atoms with Crippen LogP contribution in [-0.2, 0) is 6.18 Å². The first-order valence-corrected chi connectivity index (χ1v) is 15.4. The van der Waals surface area contributed by atoms with Crippen molar-refractivity contribution >= 4 is 114 Å². The number of anilines is 2. The van der Waals surface area contributed by atoms with Crippen molar-refractivity contribution in [1.82, 2.24) is 10.2 Å². The van der Waals surface area contributed by atoms with Crippen molar-refractivity contribution in [3.05, 3.63) is 106 Å². The Bertz CT molecular complexity index is 2220. The van der Waals surface area contributed by atoms with Crippen molar-refractivity contribution in [2.45, 2.75) is 6.18 Å². The minimum absolute atomic E-state index is 0.0421. The Kier molecular flexibility index (Phi) is 8.80. The molecule has 2 N–H and O–H groups in total. The average Bonchev–Trinajstić information content (AvgIpc) is 3.56. The van der Waals surface area contributed by atoms with Gasteiger partial charge in [-0.05, 0) is 52.3 Å². The number of alkyl halides is 3. The van der Waals surface area contributed by atoms with E-state index in [9.17, 15) is 36.3 Å². The summed E-state index contributed by atoms with van der Waals surface area (Å²) in [4.78, 5) is 41.3. The van der Waals surface area contributed by atoms with Gasteiger partial charge in [0.05, 0.1) is 58.4 Å². The highest BCUT2D eigenvalue weighted by atomic mass is 79.9. The van der Waals surface area contributed by atoms with Crippen LogP contribution in [-0.4, -0.2) is 27.9 Å². The largest absolute Gasteiger partial charge is 0.453 e. The van der Waals surface area contributed by atoms with Gasteiger partial charge >= 0.3 is 6.18 Å². The number of halogens is 11. The van der Waals surface area contributed by atoms with Gasteiger partial charge in [0.25, 0.3) is 17.7 Å². The molecule has 8 nitrogen and oxygen atoms in total. The van der Waals surface area contributed by atoms with Crippen LogP contribution in [0.2, 0.25) is 25.1 Å². The molecular formula is C29H9BrCl5F5N4O4. The van der Waals surface area contributed by atoms with E-state index in [4.69, 9.17) is 62.7 Å². The maximum atomic E-state index is 14.3. The van der Waals surface area contributed by atoms with Gasteiger partial charge in [0, 0.05) is 16.1 Å². The number of ether oxygens (including phenoxy) is 1. The van der Waals surface area contributed by atoms with Gasteiger partial charge in [-0.2, -0.15) is 18.3 Å². The zero-order valence-corrected chi connectivity index (χ0v) is 28.1. The van der Waals surface area contributed by atoms with E-state index in [1.54, 1.807) is 0 Å². The molecule has 5 aromatic rings. The summed E-state index contributed by atoms with van der Waals surface area (Å²) >= 11 is 34.3. The Hall–Kier alpha value is -3.66. The molecule has 0 saturated heterocycles. The molecule has 48 heavy (non-hydrogen) atoms. The van der Waals surface area contributed by atoms with Crippen LogP contribution in [0.15, 0.2) is 46.9 Å². The number of rotatable bonds is 5. The predicted octanol–water partition coefficient (Wildman–Crippen LogP) is 10.7. The highest BCUT2D eigenvalue weighted by Crippen LogP contribution is 2.50. The lowest BCUT2D eigenvalue weighted by molar-refractivity contribution is -0.137. The van der Waals surface area contributed by atoms with Crippen molar-refractivity contribution in [2.75, 3.05) is 10.2 Å². The molecule has 4 aromatic carbocycles. The third-order valence-corrected chi connectivity index (χ3v) is 9.62. The van der Waals surface area contributed by atoms with Gasteiger partial charge in [-0.1, -0.05) is 58.0 Å². The van der Waals surface area contributed by atoms with Crippen LogP contribution in [0.25, 0.3) is 10.9 Å². The van der Waals surface area contributed by atoms with Crippen LogP contribution in [0.3, 0.4) is 0 Å². The van der Waals surface area contributed by atoms with Crippen LogP contribution >= 0.6 is 73.9 Å². The Morgan fingerprint density at radius 3 is 2.10 bits per heavy atom. The summed E-state index contributed by atoms with van der Waals surface area (Å²) in [6.07, 6.45) is -4.99. The van der Waals surface area contributed by atoms with Gasteiger partial charge in [0.15, 0.2) is 11.6 Å². The van der Waals surface area contributed by atoms with Crippen molar-refractivity contribution in [1.29, 1.82) is 0 Å². The number of fused-ring (bicyclic) bond motifs is 2. The molecule has 1 aliphatic rings. The fourth-order valence-corrected chi connectivity index (χ4v) is 6.45. The second kappa shape index (κ2) is 12.3. The summed E-state index contributed by atoms with van der Waals surface area (Å²) in [5.41, 5.74) is -3.27. The highest BCUT2D eigenvalue weighted by Gasteiger charge is 2.45. The zero-order chi connectivity index (χ0) is 35.0. The lowest BCUT2D eigenvalue weighted by atomic mass is 10.1. The first-order valence-electron chi connectivity index (χ1n) is 12.8. The molecule has 1 aliphatic heterocycles. The summed E-state index contributed by atoms with van der Waals surface area (Å²) in [6.45, 7) is 0. The number of H-pyrrole nitrogens is 1. The monoisotopic (exact) mass is 826 g/mol. The number of nitrogens with zero attached hydrogens (tertiary/aromatic N) is 2. The lowest BCUT2D eigenvalue weighted by Gasteiger charge is -2.18. The Balaban J connectivity index is 1.57. The smallest absolute Gasteiger partial charge is 0.416 e. The Morgan fingerprint density at radius 2 is 1.50 bits per heavy atom. The minimum Gasteiger partial charge on any atom is -0.453 e. The van der Waals surface area contributed by atoms with E-state index in [1.165, 1.54) is 6.07 Å². The van der Waals surface area contributed by atoms with E-state index >= 15 is 0 Å².